The number of nitrogens with two attached hydrogens (primary N) is 1. The molecule has 1 aliphatic rings. The molecule has 17 heavy (non-hydrogen) atoms. The highest BCUT2D eigenvalue weighted by molar-refractivity contribution is 5.85. The van der Waals surface area contributed by atoms with Gasteiger partial charge in [0.25, 0.3) is 0 Å². The summed E-state index contributed by atoms with van der Waals surface area (Å²) in [7, 11) is 0. The Labute approximate surface area is 108 Å². The van der Waals surface area contributed by atoms with Crippen molar-refractivity contribution in [1.82, 2.24) is 4.90 Å². The molecule has 2 rings (SSSR count). The lowest BCUT2D eigenvalue weighted by Gasteiger charge is -2.22. The van der Waals surface area contributed by atoms with Crippen molar-refractivity contribution in [1.29, 1.82) is 0 Å². The first-order valence-electron chi connectivity index (χ1n) is 5.85. The zero-order valence-electron chi connectivity index (χ0n) is 9.84. The van der Waals surface area contributed by atoms with E-state index in [-0.39, 0.29) is 24.4 Å². The van der Waals surface area contributed by atoms with Gasteiger partial charge in [-0.3, -0.25) is 4.79 Å². The van der Waals surface area contributed by atoms with Gasteiger partial charge in [0, 0.05) is 13.1 Å². The Morgan fingerprint density at radius 3 is 2.65 bits per heavy atom. The van der Waals surface area contributed by atoms with Gasteiger partial charge in [-0.1, -0.05) is 30.3 Å². The standard InChI is InChI=1S/C13H18N2O.ClH/c14-12-8-4-5-9-15(13(12)16)10-11-6-2-1-3-7-11;/h1-3,6-7,12H,4-5,8-10,14H2;1H/t12-;/m0./s1. The van der Waals surface area contributed by atoms with Crippen molar-refractivity contribution < 1.29 is 4.79 Å². The molecule has 0 bridgehead atoms. The molecule has 4 heteroatoms. The van der Waals surface area contributed by atoms with Crippen molar-refractivity contribution in [2.24, 2.45) is 5.73 Å². The molecule has 0 radical (unpaired) electrons. The number of nitrogens with zero attached hydrogens (tertiary/aromatic N) is 1. The van der Waals surface area contributed by atoms with E-state index in [1.807, 2.05) is 35.2 Å². The Morgan fingerprint density at radius 1 is 1.24 bits per heavy atom. The van der Waals surface area contributed by atoms with Gasteiger partial charge in [0.15, 0.2) is 0 Å². The van der Waals surface area contributed by atoms with E-state index >= 15 is 0 Å². The summed E-state index contributed by atoms with van der Waals surface area (Å²) in [6, 6.07) is 9.77. The molecule has 0 aliphatic carbocycles. The zero-order valence-corrected chi connectivity index (χ0v) is 10.7. The number of likely N-dealkylation sites (tertiary alicyclic amines) is 1. The van der Waals surface area contributed by atoms with Crippen LogP contribution in [0.1, 0.15) is 24.8 Å². The summed E-state index contributed by atoms with van der Waals surface area (Å²) in [5, 5.41) is 0. The lowest BCUT2D eigenvalue weighted by Crippen LogP contribution is -2.41. The van der Waals surface area contributed by atoms with E-state index in [0.717, 1.165) is 25.8 Å². The molecular formula is C13H19ClN2O. The number of hydrogen-bond donors (Lipinski definition) is 1. The number of carbonyl (C=O) groups is 1. The smallest absolute Gasteiger partial charge is 0.239 e. The molecule has 0 saturated carbocycles. The molecule has 1 atom stereocenters. The van der Waals surface area contributed by atoms with E-state index in [4.69, 9.17) is 5.73 Å². The quantitative estimate of drug-likeness (QED) is 0.877. The second kappa shape index (κ2) is 6.62. The van der Waals surface area contributed by atoms with E-state index in [0.29, 0.717) is 6.54 Å². The molecule has 1 aromatic carbocycles. The van der Waals surface area contributed by atoms with Crippen LogP contribution in [0.4, 0.5) is 0 Å². The van der Waals surface area contributed by atoms with Crippen molar-refractivity contribution in [3.63, 3.8) is 0 Å². The van der Waals surface area contributed by atoms with Crippen LogP contribution in [0.15, 0.2) is 30.3 Å². The number of amides is 1. The number of carbonyl (C=O) groups excluding carboxylic acids is 1. The number of benzene rings is 1. The Hall–Kier alpha value is -1.06. The molecule has 1 saturated heterocycles. The average molecular weight is 255 g/mol. The second-order valence-electron chi connectivity index (χ2n) is 4.35. The monoisotopic (exact) mass is 254 g/mol. The van der Waals surface area contributed by atoms with Gasteiger partial charge in [-0.05, 0) is 24.8 Å². The Kier molecular flexibility index (Phi) is 5.45. The predicted octanol–water partition coefficient (Wildman–Crippen LogP) is 1.95. The van der Waals surface area contributed by atoms with E-state index in [9.17, 15) is 4.79 Å². The minimum Gasteiger partial charge on any atom is -0.337 e. The van der Waals surface area contributed by atoms with E-state index in [1.54, 1.807) is 0 Å². The summed E-state index contributed by atoms with van der Waals surface area (Å²) in [6.45, 7) is 1.52. The first kappa shape index (κ1) is 14.0. The maximum absolute atomic E-state index is 12.0. The molecule has 1 fully saturated rings. The number of rotatable bonds is 2. The van der Waals surface area contributed by atoms with Crippen LogP contribution in [0, 0.1) is 0 Å². The van der Waals surface area contributed by atoms with Crippen LogP contribution in [-0.4, -0.2) is 23.4 Å². The molecule has 0 aromatic heterocycles. The van der Waals surface area contributed by atoms with E-state index in [1.165, 1.54) is 5.56 Å². The van der Waals surface area contributed by atoms with Crippen LogP contribution >= 0.6 is 12.4 Å². The lowest BCUT2D eigenvalue weighted by atomic mass is 10.1. The highest BCUT2D eigenvalue weighted by Gasteiger charge is 2.23. The SMILES string of the molecule is Cl.N[C@H]1CCCCN(Cc2ccccc2)C1=O. The third kappa shape index (κ3) is 3.72. The van der Waals surface area contributed by atoms with Crippen molar-refractivity contribution in [2.45, 2.75) is 31.8 Å². The maximum Gasteiger partial charge on any atom is 0.239 e. The van der Waals surface area contributed by atoms with E-state index < -0.39 is 0 Å². The van der Waals surface area contributed by atoms with Gasteiger partial charge >= 0.3 is 0 Å². The van der Waals surface area contributed by atoms with Crippen LogP contribution in [0.3, 0.4) is 0 Å². The topological polar surface area (TPSA) is 46.3 Å². The Balaban J connectivity index is 0.00000144. The van der Waals surface area contributed by atoms with Crippen molar-refractivity contribution in [3.8, 4) is 0 Å². The van der Waals surface area contributed by atoms with Gasteiger partial charge in [-0.2, -0.15) is 0 Å². The second-order valence-corrected chi connectivity index (χ2v) is 4.35. The first-order valence-corrected chi connectivity index (χ1v) is 5.85. The summed E-state index contributed by atoms with van der Waals surface area (Å²) in [5.74, 6) is 0.0985. The fourth-order valence-electron chi connectivity index (χ4n) is 2.10. The molecule has 1 heterocycles. The van der Waals surface area contributed by atoms with Crippen LogP contribution in [-0.2, 0) is 11.3 Å². The molecule has 3 nitrogen and oxygen atoms in total. The van der Waals surface area contributed by atoms with Crippen LogP contribution in [0.2, 0.25) is 0 Å². The van der Waals surface area contributed by atoms with E-state index in [2.05, 4.69) is 0 Å². The molecule has 94 valence electrons. The molecule has 1 aromatic rings. The normalized spacial score (nSPS) is 20.6. The van der Waals surface area contributed by atoms with Crippen molar-refractivity contribution in [3.05, 3.63) is 35.9 Å². The summed E-state index contributed by atoms with van der Waals surface area (Å²) >= 11 is 0. The highest BCUT2D eigenvalue weighted by atomic mass is 35.5. The third-order valence-corrected chi connectivity index (χ3v) is 3.04. The summed E-state index contributed by atoms with van der Waals surface area (Å²) in [6.07, 6.45) is 2.94. The molecule has 1 aliphatic heterocycles. The molecule has 1 amide bonds. The summed E-state index contributed by atoms with van der Waals surface area (Å²) in [4.78, 5) is 13.8. The van der Waals surface area contributed by atoms with Crippen LogP contribution < -0.4 is 5.73 Å². The van der Waals surface area contributed by atoms with Gasteiger partial charge in [-0.25, -0.2) is 0 Å². The Bertz CT molecular complexity index is 356. The van der Waals surface area contributed by atoms with Gasteiger partial charge < -0.3 is 10.6 Å². The summed E-state index contributed by atoms with van der Waals surface area (Å²) < 4.78 is 0. The van der Waals surface area contributed by atoms with Crippen LogP contribution in [0.25, 0.3) is 0 Å². The lowest BCUT2D eigenvalue weighted by molar-refractivity contribution is -0.132. The molecule has 2 N–H and O–H groups in total. The highest BCUT2D eigenvalue weighted by Crippen LogP contribution is 2.13. The molecule has 0 unspecified atom stereocenters. The maximum atomic E-state index is 12.0. The van der Waals surface area contributed by atoms with Gasteiger partial charge in [0.1, 0.15) is 0 Å². The largest absolute Gasteiger partial charge is 0.337 e. The first-order chi connectivity index (χ1) is 7.77. The predicted molar refractivity (Wildman–Crippen MR) is 70.9 cm³/mol. The van der Waals surface area contributed by atoms with Crippen molar-refractivity contribution in [2.75, 3.05) is 6.54 Å². The van der Waals surface area contributed by atoms with Gasteiger partial charge in [0.05, 0.1) is 6.04 Å². The zero-order chi connectivity index (χ0) is 11.4. The molecular weight excluding hydrogens is 236 g/mol. The van der Waals surface area contributed by atoms with Crippen LogP contribution in [0.5, 0.6) is 0 Å². The van der Waals surface area contributed by atoms with Crippen molar-refractivity contribution >= 4 is 18.3 Å². The summed E-state index contributed by atoms with van der Waals surface area (Å²) in [5.41, 5.74) is 7.00. The van der Waals surface area contributed by atoms with Gasteiger partial charge in [-0.15, -0.1) is 12.4 Å². The minimum absolute atomic E-state index is 0. The number of halogens is 1. The van der Waals surface area contributed by atoms with Gasteiger partial charge in [0.2, 0.25) is 5.91 Å². The molecule has 0 spiro atoms. The average Bonchev–Trinajstić information content (AvgIpc) is 2.46. The number of hydrogen-bond acceptors (Lipinski definition) is 2. The fraction of sp³-hybridized carbons (Fsp3) is 0.462. The minimum atomic E-state index is -0.300. The fourth-order valence-corrected chi connectivity index (χ4v) is 2.10. The Morgan fingerprint density at radius 2 is 1.94 bits per heavy atom. The third-order valence-electron chi connectivity index (χ3n) is 3.04.